The van der Waals surface area contributed by atoms with Crippen molar-refractivity contribution in [3.8, 4) is 0 Å². The molecule has 2 N–H and O–H groups in total. The molecule has 0 fully saturated rings. The highest BCUT2D eigenvalue weighted by atomic mass is 35.5. The van der Waals surface area contributed by atoms with Gasteiger partial charge >= 0.3 is 0 Å². The van der Waals surface area contributed by atoms with Crippen LogP contribution in [0.15, 0.2) is 18.2 Å². The smallest absolute Gasteiger partial charge is 0.109 e. The maximum Gasteiger partial charge on any atom is 0.109 e. The van der Waals surface area contributed by atoms with Gasteiger partial charge in [-0.05, 0) is 44.0 Å². The minimum atomic E-state index is -2.12. The maximum absolute atomic E-state index is 11.6. The molecule has 0 aromatic heterocycles. The van der Waals surface area contributed by atoms with Crippen LogP contribution in [0.3, 0.4) is 0 Å². The molecule has 0 aliphatic carbocycles. The minimum absolute atomic E-state index is 0. The van der Waals surface area contributed by atoms with E-state index in [1.54, 1.807) is 13.3 Å². The molecule has 0 unspecified atom stereocenters. The molecule has 1 aromatic carbocycles. The molecule has 1 rings (SSSR count). The zero-order valence-corrected chi connectivity index (χ0v) is 9.78. The molecule has 0 saturated carbocycles. The standard InChI is InChI=1S/C9H14NOP.ClH/c1-7-6-8(12(2,3)11)4-5-9(7)10;/h4-6H,10H2,1-3H3;1H. The van der Waals surface area contributed by atoms with Crippen molar-refractivity contribution in [2.24, 2.45) is 0 Å². The van der Waals surface area contributed by atoms with Crippen molar-refractivity contribution in [2.75, 3.05) is 19.1 Å². The lowest BCUT2D eigenvalue weighted by molar-refractivity contribution is 0.588. The Morgan fingerprint density at radius 1 is 1.31 bits per heavy atom. The molecule has 0 aliphatic heterocycles. The van der Waals surface area contributed by atoms with E-state index >= 15 is 0 Å². The highest BCUT2D eigenvalue weighted by Gasteiger charge is 2.10. The second kappa shape index (κ2) is 4.17. The highest BCUT2D eigenvalue weighted by Crippen LogP contribution is 2.35. The van der Waals surface area contributed by atoms with E-state index in [0.717, 1.165) is 16.6 Å². The summed E-state index contributed by atoms with van der Waals surface area (Å²) in [6.45, 7) is 5.45. The van der Waals surface area contributed by atoms with Crippen molar-refractivity contribution in [2.45, 2.75) is 6.92 Å². The van der Waals surface area contributed by atoms with Crippen LogP contribution in [0.4, 0.5) is 5.69 Å². The molecule has 0 heterocycles. The molecule has 13 heavy (non-hydrogen) atoms. The number of hydrogen-bond acceptors (Lipinski definition) is 2. The molecule has 0 saturated heterocycles. The number of nitrogens with two attached hydrogens (primary N) is 1. The fourth-order valence-electron chi connectivity index (χ4n) is 0.995. The number of anilines is 1. The van der Waals surface area contributed by atoms with E-state index in [1.807, 2.05) is 25.1 Å². The third-order valence-electron chi connectivity index (χ3n) is 1.88. The van der Waals surface area contributed by atoms with Crippen LogP contribution in [0.2, 0.25) is 0 Å². The fourth-order valence-corrected chi connectivity index (χ4v) is 1.93. The molecule has 0 atom stereocenters. The van der Waals surface area contributed by atoms with Crippen molar-refractivity contribution in [3.63, 3.8) is 0 Å². The first-order valence-corrected chi connectivity index (χ1v) is 6.43. The first-order valence-electron chi connectivity index (χ1n) is 3.83. The topological polar surface area (TPSA) is 43.1 Å². The van der Waals surface area contributed by atoms with Crippen molar-refractivity contribution < 1.29 is 4.57 Å². The molecule has 0 amide bonds. The first kappa shape index (κ1) is 12.5. The van der Waals surface area contributed by atoms with Crippen LogP contribution in [0, 0.1) is 6.92 Å². The zero-order chi connectivity index (χ0) is 9.35. The van der Waals surface area contributed by atoms with Gasteiger partial charge in [-0.15, -0.1) is 12.4 Å². The van der Waals surface area contributed by atoms with Gasteiger partial charge in [0.2, 0.25) is 0 Å². The van der Waals surface area contributed by atoms with E-state index in [9.17, 15) is 4.57 Å². The lowest BCUT2D eigenvalue weighted by atomic mass is 10.2. The van der Waals surface area contributed by atoms with Crippen LogP contribution >= 0.6 is 19.5 Å². The molecular weight excluding hydrogens is 205 g/mol. The largest absolute Gasteiger partial charge is 0.399 e. The van der Waals surface area contributed by atoms with Gasteiger partial charge in [-0.2, -0.15) is 0 Å². The third kappa shape index (κ3) is 3.06. The van der Waals surface area contributed by atoms with Crippen LogP contribution in [0.1, 0.15) is 5.56 Å². The lowest BCUT2D eigenvalue weighted by Crippen LogP contribution is -2.04. The maximum atomic E-state index is 11.6. The quantitative estimate of drug-likeness (QED) is 0.582. The summed E-state index contributed by atoms with van der Waals surface area (Å²) in [7, 11) is -2.12. The summed E-state index contributed by atoms with van der Waals surface area (Å²) in [4.78, 5) is 0. The minimum Gasteiger partial charge on any atom is -0.399 e. The number of benzene rings is 1. The number of rotatable bonds is 1. The van der Waals surface area contributed by atoms with Gasteiger partial charge in [0.1, 0.15) is 7.14 Å². The molecule has 2 nitrogen and oxygen atoms in total. The summed E-state index contributed by atoms with van der Waals surface area (Å²) in [6.07, 6.45) is 0. The average molecular weight is 220 g/mol. The third-order valence-corrected chi connectivity index (χ3v) is 3.40. The van der Waals surface area contributed by atoms with Gasteiger partial charge in [0.15, 0.2) is 0 Å². The van der Waals surface area contributed by atoms with Gasteiger partial charge in [0.25, 0.3) is 0 Å². The number of hydrogen-bond donors (Lipinski definition) is 1. The van der Waals surface area contributed by atoms with Crippen LogP contribution in [0.25, 0.3) is 0 Å². The Hall–Kier alpha value is -0.460. The Labute approximate surface area is 85.3 Å². The summed E-state index contributed by atoms with van der Waals surface area (Å²) in [5.41, 5.74) is 7.40. The van der Waals surface area contributed by atoms with Crippen molar-refractivity contribution in [1.82, 2.24) is 0 Å². The number of aryl methyl sites for hydroxylation is 1. The van der Waals surface area contributed by atoms with E-state index < -0.39 is 7.14 Å². The molecular formula is C9H15ClNOP. The predicted molar refractivity (Wildman–Crippen MR) is 61.9 cm³/mol. The summed E-state index contributed by atoms with van der Waals surface area (Å²) >= 11 is 0. The van der Waals surface area contributed by atoms with Crippen LogP contribution in [0.5, 0.6) is 0 Å². The predicted octanol–water partition coefficient (Wildman–Crippen LogP) is 2.25. The van der Waals surface area contributed by atoms with Crippen molar-refractivity contribution in [3.05, 3.63) is 23.8 Å². The second-order valence-electron chi connectivity index (χ2n) is 3.39. The van der Waals surface area contributed by atoms with E-state index in [4.69, 9.17) is 5.73 Å². The van der Waals surface area contributed by atoms with E-state index in [2.05, 4.69) is 0 Å². The summed E-state index contributed by atoms with van der Waals surface area (Å²) < 4.78 is 11.6. The molecule has 0 aliphatic rings. The Balaban J connectivity index is 0.00000144. The molecule has 0 radical (unpaired) electrons. The summed E-state index contributed by atoms with van der Waals surface area (Å²) in [5.74, 6) is 0. The Bertz CT molecular complexity index is 345. The van der Waals surface area contributed by atoms with Gasteiger partial charge in [-0.25, -0.2) is 0 Å². The Kier molecular flexibility index (Phi) is 4.02. The normalized spacial score (nSPS) is 10.7. The van der Waals surface area contributed by atoms with Crippen LogP contribution in [-0.4, -0.2) is 13.3 Å². The van der Waals surface area contributed by atoms with Gasteiger partial charge in [-0.3, -0.25) is 0 Å². The van der Waals surface area contributed by atoms with Crippen LogP contribution in [-0.2, 0) is 4.57 Å². The van der Waals surface area contributed by atoms with Crippen LogP contribution < -0.4 is 11.0 Å². The Morgan fingerprint density at radius 2 is 1.85 bits per heavy atom. The van der Waals surface area contributed by atoms with Crippen molar-refractivity contribution >= 4 is 30.5 Å². The van der Waals surface area contributed by atoms with Gasteiger partial charge < -0.3 is 10.3 Å². The molecule has 0 bridgehead atoms. The monoisotopic (exact) mass is 219 g/mol. The van der Waals surface area contributed by atoms with E-state index in [-0.39, 0.29) is 12.4 Å². The first-order chi connectivity index (χ1) is 5.41. The fraction of sp³-hybridized carbons (Fsp3) is 0.333. The number of halogens is 1. The SMILES string of the molecule is Cc1cc(P(C)(C)=O)ccc1N.Cl. The Morgan fingerprint density at radius 3 is 2.23 bits per heavy atom. The number of nitrogen functional groups attached to an aromatic ring is 1. The summed E-state index contributed by atoms with van der Waals surface area (Å²) in [5, 5.41) is 0.897. The van der Waals surface area contributed by atoms with E-state index in [1.165, 1.54) is 0 Å². The molecule has 4 heteroatoms. The van der Waals surface area contributed by atoms with Gasteiger partial charge in [0, 0.05) is 11.0 Å². The lowest BCUT2D eigenvalue weighted by Gasteiger charge is -2.08. The zero-order valence-electron chi connectivity index (χ0n) is 8.07. The van der Waals surface area contributed by atoms with Gasteiger partial charge in [0.05, 0.1) is 0 Å². The highest BCUT2D eigenvalue weighted by molar-refractivity contribution is 7.70. The molecule has 1 aromatic rings. The van der Waals surface area contributed by atoms with Crippen molar-refractivity contribution in [1.29, 1.82) is 0 Å². The average Bonchev–Trinajstić information content (AvgIpc) is 1.92. The molecule has 74 valence electrons. The van der Waals surface area contributed by atoms with E-state index in [0.29, 0.717) is 0 Å². The summed E-state index contributed by atoms with van der Waals surface area (Å²) in [6, 6.07) is 5.55. The molecule has 0 spiro atoms. The second-order valence-corrected chi connectivity index (χ2v) is 6.61. The van der Waals surface area contributed by atoms with Gasteiger partial charge in [-0.1, -0.05) is 0 Å².